The lowest BCUT2D eigenvalue weighted by molar-refractivity contribution is -0.288. The van der Waals surface area contributed by atoms with Gasteiger partial charge in [-0.3, -0.25) is 28.8 Å². The number of nitrogens with zero attached hydrogens (tertiary/aromatic N) is 2. The van der Waals surface area contributed by atoms with Gasteiger partial charge in [0.05, 0.1) is 18.8 Å². The first kappa shape index (κ1) is 42.9. The van der Waals surface area contributed by atoms with Gasteiger partial charge in [0.2, 0.25) is 17.7 Å². The zero-order valence-corrected chi connectivity index (χ0v) is 33.6. The highest BCUT2D eigenvalue weighted by Crippen LogP contribution is 2.34. The van der Waals surface area contributed by atoms with Crippen LogP contribution in [-0.2, 0) is 54.1 Å². The van der Waals surface area contributed by atoms with Crippen LogP contribution < -0.4 is 10.6 Å². The maximum atomic E-state index is 13.8. The first-order valence-corrected chi connectivity index (χ1v) is 23.2. The second-order valence-corrected chi connectivity index (χ2v) is 12.8. The van der Waals surface area contributed by atoms with Gasteiger partial charge in [0.1, 0.15) is 30.8 Å². The molecule has 1 aromatic rings. The average Bonchev–Trinajstić information content (AvgIpc) is 3.14. The van der Waals surface area contributed by atoms with Crippen molar-refractivity contribution in [2.75, 3.05) is 40.9 Å². The van der Waals surface area contributed by atoms with Crippen molar-refractivity contribution in [3.63, 3.8) is 0 Å². The standard InChI is InChI=1S/C34H48N4O11.I2/c1-21-26(46-3)18-23-14-16-27(47-4)34(45,49-23)30(41)33(44)38-17-9-8-12-25(38)32(43)36-24(15-13-22-10-6-5-7-11-22)31(42)35-19-28(39)37(2)20-29(40)48-21;1-2/h5-7,10-11,21,23-27,45H,8-9,12-20H2,1-4H3,(H,35,42)(H,36,43);/t21?,23?,24-,25?,26?,27?,34?;/m1./s1. The quantitative estimate of drug-likeness (QED) is 0.221. The minimum absolute atomic E-state index is 0.0656. The minimum atomic E-state index is -2.66. The Balaban J connectivity index is 0.00000345. The average molecular weight is 943 g/mol. The SMILES string of the molecule is COC1CC2CCC(OC)C(O)(O2)C(=O)C(=O)N2CCCCC2C(=O)N[C@H](CCc2ccccc2)C(=O)NCC(=O)N(C)CC(=O)OC1C.II. The number of methoxy groups -OCH3 is 2. The Hall–Kier alpha value is -2.46. The van der Waals surface area contributed by atoms with Gasteiger partial charge in [-0.2, -0.15) is 0 Å². The van der Waals surface area contributed by atoms with Crippen LogP contribution in [0.15, 0.2) is 30.3 Å². The monoisotopic (exact) mass is 942 g/mol. The van der Waals surface area contributed by atoms with Crippen molar-refractivity contribution in [1.82, 2.24) is 20.4 Å². The number of carbonyl (C=O) groups is 6. The number of fused-ring (bicyclic) bond motifs is 3. The molecule has 3 saturated heterocycles. The Morgan fingerprint density at radius 3 is 2.35 bits per heavy atom. The molecule has 0 aliphatic carbocycles. The molecule has 0 saturated carbocycles. The van der Waals surface area contributed by atoms with Crippen LogP contribution >= 0.6 is 37.2 Å². The number of aryl methyl sites for hydroxylation is 1. The van der Waals surface area contributed by atoms with Crippen LogP contribution in [0.3, 0.4) is 0 Å². The highest BCUT2D eigenvalue weighted by atomic mass is 128. The van der Waals surface area contributed by atoms with Gasteiger partial charge < -0.3 is 44.5 Å². The Morgan fingerprint density at radius 1 is 0.980 bits per heavy atom. The molecular weight excluding hydrogens is 894 g/mol. The number of esters is 1. The van der Waals surface area contributed by atoms with Crippen LogP contribution in [0.5, 0.6) is 0 Å². The van der Waals surface area contributed by atoms with Gasteiger partial charge in [0.15, 0.2) is 0 Å². The molecule has 3 fully saturated rings. The number of carbonyl (C=O) groups excluding carboxylic acids is 6. The Morgan fingerprint density at radius 2 is 1.69 bits per heavy atom. The molecule has 15 nitrogen and oxygen atoms in total. The molecule has 0 radical (unpaired) electrons. The maximum Gasteiger partial charge on any atom is 0.325 e. The predicted octanol–water partition coefficient (Wildman–Crippen LogP) is 1.63. The molecule has 6 unspecified atom stereocenters. The number of likely N-dealkylation sites (N-methyl/N-ethyl adjacent to an activating group) is 1. The number of nitrogens with one attached hydrogen (secondary N) is 2. The second-order valence-electron chi connectivity index (χ2n) is 12.8. The van der Waals surface area contributed by atoms with Crippen molar-refractivity contribution in [2.45, 2.75) is 101 Å². The number of rotatable bonds is 5. The molecule has 3 aliphatic rings. The molecule has 4 amide bonds. The van der Waals surface area contributed by atoms with E-state index >= 15 is 0 Å². The van der Waals surface area contributed by atoms with Crippen LogP contribution in [0, 0.1) is 0 Å². The van der Waals surface area contributed by atoms with Gasteiger partial charge in [-0.05, 0) is 57.4 Å². The number of cyclic esters (lactones) is 1. The molecule has 2 bridgehead atoms. The van der Waals surface area contributed by atoms with Gasteiger partial charge >= 0.3 is 5.97 Å². The highest BCUT2D eigenvalue weighted by molar-refractivity contribution is 15.0. The van der Waals surface area contributed by atoms with Crippen LogP contribution in [0.2, 0.25) is 0 Å². The van der Waals surface area contributed by atoms with E-state index in [1.54, 1.807) is 6.92 Å². The summed E-state index contributed by atoms with van der Waals surface area (Å²) in [6.45, 7) is 0.807. The van der Waals surface area contributed by atoms with Gasteiger partial charge in [-0.15, -0.1) is 0 Å². The number of piperidine rings is 1. The Kier molecular flexibility index (Phi) is 17.4. The summed E-state index contributed by atoms with van der Waals surface area (Å²) in [6.07, 6.45) is -1.04. The largest absolute Gasteiger partial charge is 0.459 e. The molecule has 3 heterocycles. The molecule has 0 aromatic heterocycles. The van der Waals surface area contributed by atoms with E-state index in [0.717, 1.165) is 15.4 Å². The topological polar surface area (TPSA) is 190 Å². The van der Waals surface area contributed by atoms with Crippen molar-refractivity contribution < 1.29 is 52.8 Å². The number of benzene rings is 1. The molecule has 0 spiro atoms. The fourth-order valence-electron chi connectivity index (χ4n) is 6.55. The molecule has 3 aliphatic heterocycles. The fourth-order valence-corrected chi connectivity index (χ4v) is 6.55. The summed E-state index contributed by atoms with van der Waals surface area (Å²) in [5.41, 5.74) is 0.915. The Bertz CT molecular complexity index is 1370. The van der Waals surface area contributed by atoms with Gasteiger partial charge in [-0.25, -0.2) is 0 Å². The van der Waals surface area contributed by atoms with Gasteiger partial charge in [0.25, 0.3) is 17.5 Å². The molecule has 3 N–H and O–H groups in total. The number of halogens is 2. The lowest BCUT2D eigenvalue weighted by atomic mass is 9.90. The number of hydrogen-bond donors (Lipinski definition) is 3. The van der Waals surface area contributed by atoms with E-state index < -0.39 is 90.8 Å². The van der Waals surface area contributed by atoms with E-state index in [-0.39, 0.29) is 32.2 Å². The summed E-state index contributed by atoms with van der Waals surface area (Å²) in [6, 6.07) is 7.11. The molecule has 17 heteroatoms. The third-order valence-corrected chi connectivity index (χ3v) is 9.45. The number of hydrogen-bond acceptors (Lipinski definition) is 11. The molecule has 51 heavy (non-hydrogen) atoms. The summed E-state index contributed by atoms with van der Waals surface area (Å²) >= 11 is 4.24. The zero-order valence-electron chi connectivity index (χ0n) is 29.3. The summed E-state index contributed by atoms with van der Waals surface area (Å²) in [5, 5.41) is 17.0. The number of Topliss-reactive ketones (excluding diaryl/α,β-unsaturated/α-hetero) is 1. The van der Waals surface area contributed by atoms with Crippen molar-refractivity contribution in [3.05, 3.63) is 35.9 Å². The van der Waals surface area contributed by atoms with Crippen LogP contribution in [0.4, 0.5) is 0 Å². The highest BCUT2D eigenvalue weighted by Gasteiger charge is 2.55. The zero-order chi connectivity index (χ0) is 37.7. The molecule has 4 rings (SSSR count). The second kappa shape index (κ2) is 20.7. The summed E-state index contributed by atoms with van der Waals surface area (Å²) in [5.74, 6) is -7.63. The molecule has 1 aromatic carbocycles. The number of ether oxygens (including phenoxy) is 4. The maximum absolute atomic E-state index is 13.8. The van der Waals surface area contributed by atoms with Crippen LogP contribution in [-0.4, -0.2) is 133 Å². The third-order valence-electron chi connectivity index (χ3n) is 9.45. The first-order valence-electron chi connectivity index (χ1n) is 16.9. The number of amides is 4. The van der Waals surface area contributed by atoms with E-state index in [0.29, 0.717) is 25.7 Å². The minimum Gasteiger partial charge on any atom is -0.459 e. The third kappa shape index (κ3) is 11.5. The van der Waals surface area contributed by atoms with E-state index in [2.05, 4.69) is 47.9 Å². The molecular formula is C34H48I2N4O11. The summed E-state index contributed by atoms with van der Waals surface area (Å²) in [4.78, 5) is 82.8. The normalized spacial score (nSPS) is 30.5. The number of ketones is 1. The fraction of sp³-hybridized carbons (Fsp3) is 0.647. The van der Waals surface area contributed by atoms with Crippen molar-refractivity contribution in [1.29, 1.82) is 0 Å². The predicted molar refractivity (Wildman–Crippen MR) is 201 cm³/mol. The first-order chi connectivity index (χ1) is 24.4. The van der Waals surface area contributed by atoms with E-state index in [4.69, 9.17) is 18.9 Å². The molecule has 7 atom stereocenters. The lowest BCUT2D eigenvalue weighted by Gasteiger charge is -2.43. The van der Waals surface area contributed by atoms with Gasteiger partial charge in [0, 0.05) is 71.5 Å². The van der Waals surface area contributed by atoms with Crippen molar-refractivity contribution in [2.24, 2.45) is 0 Å². The summed E-state index contributed by atoms with van der Waals surface area (Å²) < 4.78 is 22.4. The Labute approximate surface area is 321 Å². The van der Waals surface area contributed by atoms with Crippen LogP contribution in [0.1, 0.15) is 57.4 Å². The van der Waals surface area contributed by atoms with Crippen molar-refractivity contribution >= 4 is 72.6 Å². The lowest BCUT2D eigenvalue weighted by Crippen LogP contribution is -2.64. The van der Waals surface area contributed by atoms with Gasteiger partial charge in [-0.1, -0.05) is 30.3 Å². The van der Waals surface area contributed by atoms with E-state index in [9.17, 15) is 33.9 Å². The van der Waals surface area contributed by atoms with E-state index in [1.807, 2.05) is 30.3 Å². The van der Waals surface area contributed by atoms with E-state index in [1.165, 1.54) is 21.3 Å². The summed E-state index contributed by atoms with van der Waals surface area (Å²) in [7, 11) is 4.10. The molecule has 284 valence electrons. The van der Waals surface area contributed by atoms with Crippen molar-refractivity contribution in [3.8, 4) is 0 Å². The number of aliphatic hydroxyl groups is 1. The smallest absolute Gasteiger partial charge is 0.325 e. The van der Waals surface area contributed by atoms with Crippen LogP contribution in [0.25, 0.3) is 0 Å².